The van der Waals surface area contributed by atoms with Gasteiger partial charge in [-0.1, -0.05) is 18.5 Å². The molecule has 1 saturated carbocycles. The molecule has 3 N–H and O–H groups in total. The molecule has 1 amide bonds. The first-order valence-corrected chi connectivity index (χ1v) is 15.2. The Morgan fingerprint density at radius 1 is 1.34 bits per heavy atom. The SMILES string of the molecule is CCC[C@@H](NC(=O)C1(C)CSC(/C(C)=N/OCCCCOP(=O)(O)O)=N1)c1cc(OCC2CC2)cc(=O)o1. The van der Waals surface area contributed by atoms with E-state index in [0.717, 1.165) is 19.3 Å². The van der Waals surface area contributed by atoms with Gasteiger partial charge in [-0.05, 0) is 51.9 Å². The van der Waals surface area contributed by atoms with Gasteiger partial charge in [-0.3, -0.25) is 14.3 Å². The Kier molecular flexibility index (Phi) is 11.0. The predicted octanol–water partition coefficient (Wildman–Crippen LogP) is 3.57. The Labute approximate surface area is 225 Å². The first kappa shape index (κ1) is 30.4. The maximum absolute atomic E-state index is 13.3. The van der Waals surface area contributed by atoms with Gasteiger partial charge in [0.15, 0.2) is 0 Å². The highest BCUT2D eigenvalue weighted by atomic mass is 32.2. The van der Waals surface area contributed by atoms with Crippen molar-refractivity contribution in [3.8, 4) is 5.75 Å². The fourth-order valence-corrected chi connectivity index (χ4v) is 5.04. The van der Waals surface area contributed by atoms with Gasteiger partial charge in [-0.2, -0.15) is 0 Å². The number of aliphatic imine (C=N–C) groups is 1. The van der Waals surface area contributed by atoms with Gasteiger partial charge < -0.3 is 29.1 Å². The molecule has 0 aromatic carbocycles. The number of hydrogen-bond donors (Lipinski definition) is 3. The number of phosphoric acid groups is 1. The molecular formula is C24H36N3O9PS. The average Bonchev–Trinajstić information content (AvgIpc) is 3.59. The minimum absolute atomic E-state index is 0.0768. The van der Waals surface area contributed by atoms with E-state index >= 15 is 0 Å². The van der Waals surface area contributed by atoms with Crippen LogP contribution in [-0.4, -0.2) is 57.6 Å². The molecule has 3 rings (SSSR count). The maximum atomic E-state index is 13.3. The molecule has 1 unspecified atom stereocenters. The van der Waals surface area contributed by atoms with E-state index in [1.165, 1.54) is 17.8 Å². The Bertz CT molecular complexity index is 1130. The topological polar surface area (TPSA) is 169 Å². The second kappa shape index (κ2) is 13.7. The summed E-state index contributed by atoms with van der Waals surface area (Å²) in [6.07, 6.45) is 4.51. The van der Waals surface area contributed by atoms with Gasteiger partial charge >= 0.3 is 13.4 Å². The van der Waals surface area contributed by atoms with E-state index in [1.54, 1.807) is 19.9 Å². The third-order valence-corrected chi connectivity index (χ3v) is 7.79. The van der Waals surface area contributed by atoms with E-state index in [0.29, 0.717) is 59.8 Å². The summed E-state index contributed by atoms with van der Waals surface area (Å²) >= 11 is 1.40. The van der Waals surface area contributed by atoms with Crippen LogP contribution in [-0.2, 0) is 18.7 Å². The molecular weight excluding hydrogens is 537 g/mol. The fourth-order valence-electron chi connectivity index (χ4n) is 3.55. The smallest absolute Gasteiger partial charge is 0.469 e. The maximum Gasteiger partial charge on any atom is 0.469 e. The molecule has 2 atom stereocenters. The van der Waals surface area contributed by atoms with Crippen molar-refractivity contribution in [3.05, 3.63) is 28.3 Å². The monoisotopic (exact) mass is 573 g/mol. The third-order valence-electron chi connectivity index (χ3n) is 5.90. The van der Waals surface area contributed by atoms with Crippen molar-refractivity contribution in [3.63, 3.8) is 0 Å². The number of hydrogen-bond acceptors (Lipinski definition) is 10. The minimum atomic E-state index is -4.46. The molecule has 1 aromatic heterocycles. The summed E-state index contributed by atoms with van der Waals surface area (Å²) in [4.78, 5) is 52.6. The number of thioether (sulfide) groups is 1. The van der Waals surface area contributed by atoms with Crippen LogP contribution in [0, 0.1) is 5.92 Å². The largest absolute Gasteiger partial charge is 0.493 e. The number of nitrogens with zero attached hydrogens (tertiary/aromatic N) is 2. The molecule has 0 saturated heterocycles. The van der Waals surface area contributed by atoms with Gasteiger partial charge in [0, 0.05) is 11.8 Å². The molecule has 38 heavy (non-hydrogen) atoms. The van der Waals surface area contributed by atoms with E-state index in [-0.39, 0.29) is 19.1 Å². The van der Waals surface area contributed by atoms with Crippen LogP contribution < -0.4 is 15.7 Å². The summed E-state index contributed by atoms with van der Waals surface area (Å²) in [5.74, 6) is 1.46. The number of rotatable bonds is 16. The molecule has 0 radical (unpaired) electrons. The van der Waals surface area contributed by atoms with Crippen molar-refractivity contribution in [2.45, 2.75) is 70.9 Å². The Morgan fingerprint density at radius 3 is 2.76 bits per heavy atom. The van der Waals surface area contributed by atoms with Crippen LogP contribution >= 0.6 is 19.6 Å². The van der Waals surface area contributed by atoms with Crippen LogP contribution in [0.25, 0.3) is 0 Å². The zero-order valence-corrected chi connectivity index (χ0v) is 23.6. The molecule has 2 aliphatic rings. The van der Waals surface area contributed by atoms with Gasteiger partial charge in [0.05, 0.1) is 25.3 Å². The number of nitrogens with one attached hydrogen (secondary N) is 1. The Balaban J connectivity index is 1.57. The zero-order valence-electron chi connectivity index (χ0n) is 21.9. The summed E-state index contributed by atoms with van der Waals surface area (Å²) in [5.41, 5.74) is -1.04. The summed E-state index contributed by atoms with van der Waals surface area (Å²) in [6, 6.07) is 2.50. The van der Waals surface area contributed by atoms with E-state index in [2.05, 4.69) is 20.0 Å². The molecule has 1 aliphatic carbocycles. The molecule has 12 nitrogen and oxygen atoms in total. The zero-order chi connectivity index (χ0) is 27.8. The Morgan fingerprint density at radius 2 is 2.08 bits per heavy atom. The van der Waals surface area contributed by atoms with Crippen molar-refractivity contribution >= 4 is 36.2 Å². The van der Waals surface area contributed by atoms with Gasteiger partial charge in [-0.25, -0.2) is 9.36 Å². The molecule has 212 valence electrons. The second-order valence-corrected chi connectivity index (χ2v) is 11.8. The second-order valence-electron chi connectivity index (χ2n) is 9.60. The molecule has 14 heteroatoms. The highest BCUT2D eigenvalue weighted by Crippen LogP contribution is 2.36. The quantitative estimate of drug-likeness (QED) is 0.115. The number of unbranched alkanes of at least 4 members (excludes halogenated alkanes) is 1. The van der Waals surface area contributed by atoms with Gasteiger partial charge in [0.1, 0.15) is 34.4 Å². The number of ether oxygens (including phenoxy) is 1. The lowest BCUT2D eigenvalue weighted by molar-refractivity contribution is -0.125. The van der Waals surface area contributed by atoms with Crippen LogP contribution in [0.15, 0.2) is 31.5 Å². The number of carbonyl (C=O) groups is 1. The van der Waals surface area contributed by atoms with Gasteiger partial charge in [-0.15, -0.1) is 11.8 Å². The van der Waals surface area contributed by atoms with E-state index in [1.807, 2.05) is 6.92 Å². The van der Waals surface area contributed by atoms with Crippen LogP contribution in [0.3, 0.4) is 0 Å². The average molecular weight is 574 g/mol. The molecule has 1 aromatic rings. The van der Waals surface area contributed by atoms with Gasteiger partial charge in [0.25, 0.3) is 0 Å². The third kappa shape index (κ3) is 9.85. The normalized spacial score (nSPS) is 20.7. The van der Waals surface area contributed by atoms with Crippen molar-refractivity contribution in [1.82, 2.24) is 5.32 Å². The lowest BCUT2D eigenvalue weighted by atomic mass is 10.0. The fraction of sp³-hybridized carbons (Fsp3) is 0.667. The van der Waals surface area contributed by atoms with Crippen LogP contribution in [0.1, 0.15) is 71.1 Å². The van der Waals surface area contributed by atoms with Crippen molar-refractivity contribution in [2.75, 3.05) is 25.6 Å². The van der Waals surface area contributed by atoms with Crippen molar-refractivity contribution in [2.24, 2.45) is 16.1 Å². The van der Waals surface area contributed by atoms with Crippen LogP contribution in [0.4, 0.5) is 0 Å². The number of phosphoric ester groups is 1. The highest BCUT2D eigenvalue weighted by molar-refractivity contribution is 8.16. The van der Waals surface area contributed by atoms with Crippen molar-refractivity contribution in [1.29, 1.82) is 0 Å². The first-order valence-electron chi connectivity index (χ1n) is 12.7. The van der Waals surface area contributed by atoms with Crippen LogP contribution in [0.5, 0.6) is 5.75 Å². The lowest BCUT2D eigenvalue weighted by Crippen LogP contribution is -2.45. The molecule has 0 bridgehead atoms. The van der Waals surface area contributed by atoms with E-state index < -0.39 is 25.0 Å². The number of carbonyl (C=O) groups excluding carboxylic acids is 1. The number of oxime groups is 1. The van der Waals surface area contributed by atoms with E-state index in [4.69, 9.17) is 23.8 Å². The standard InChI is InChI=1S/C24H36N3O9PS/c1-4-7-19(20-12-18(13-21(28)36-20)33-14-17-8-9-17)25-23(29)24(3)15-38-22(26-24)16(2)27-34-10-5-6-11-35-37(30,31)32/h12-13,17,19H,4-11,14-15H2,1-3H3,(H,25,29)(H2,30,31,32)/b27-16+/t19-,24?/m1/s1. The van der Waals surface area contributed by atoms with Gasteiger partial charge in [0.2, 0.25) is 5.91 Å². The molecule has 1 aliphatic heterocycles. The molecule has 1 fully saturated rings. The van der Waals surface area contributed by atoms with E-state index in [9.17, 15) is 14.2 Å². The summed E-state index contributed by atoms with van der Waals surface area (Å²) in [6.45, 7) is 6.19. The highest BCUT2D eigenvalue weighted by Gasteiger charge is 2.40. The molecule has 0 spiro atoms. The summed E-state index contributed by atoms with van der Waals surface area (Å²) < 4.78 is 26.2. The predicted molar refractivity (Wildman–Crippen MR) is 144 cm³/mol. The lowest BCUT2D eigenvalue weighted by Gasteiger charge is -2.24. The molecule has 2 heterocycles. The number of amides is 1. The summed E-state index contributed by atoms with van der Waals surface area (Å²) in [5, 5.41) is 7.63. The minimum Gasteiger partial charge on any atom is -0.493 e. The summed E-state index contributed by atoms with van der Waals surface area (Å²) in [7, 11) is -4.46. The van der Waals surface area contributed by atoms with Crippen molar-refractivity contribution < 1.29 is 37.7 Å². The van der Waals surface area contributed by atoms with Crippen LogP contribution in [0.2, 0.25) is 0 Å². The first-order chi connectivity index (χ1) is 18.0. The Hall–Kier alpha value is -2.18.